The molecule has 0 bridgehead atoms. The van der Waals surface area contributed by atoms with Gasteiger partial charge in [0.05, 0.1) is 12.8 Å². The molecule has 2 unspecified atom stereocenters. The lowest BCUT2D eigenvalue weighted by Crippen LogP contribution is -2.23. The first kappa shape index (κ1) is 14.4. The third kappa shape index (κ3) is 3.30. The Hall–Kier alpha value is -2.01. The number of nitrogens with zero attached hydrogens (tertiary/aromatic N) is 2. The van der Waals surface area contributed by atoms with Crippen LogP contribution in [0.3, 0.4) is 0 Å². The van der Waals surface area contributed by atoms with Gasteiger partial charge in [0.1, 0.15) is 11.6 Å². The van der Waals surface area contributed by atoms with Gasteiger partial charge in [0.25, 0.3) is 0 Å². The standard InChI is InChI=1S/C15H18FN3O/c1-10(13-8-12(16)4-5-15(13)20-3)19-11(2)14-9-17-6-7-18-14/h4-11,19H,1-3H3. The number of nitrogens with one attached hydrogen (secondary N) is 1. The van der Waals surface area contributed by atoms with Gasteiger partial charge >= 0.3 is 0 Å². The quantitative estimate of drug-likeness (QED) is 0.911. The van der Waals surface area contributed by atoms with E-state index in [1.807, 2.05) is 13.8 Å². The average molecular weight is 275 g/mol. The highest BCUT2D eigenvalue weighted by atomic mass is 19.1. The molecule has 106 valence electrons. The maximum absolute atomic E-state index is 13.4. The molecule has 1 aromatic carbocycles. The maximum atomic E-state index is 13.4. The number of ether oxygens (including phenoxy) is 1. The minimum atomic E-state index is -0.276. The largest absolute Gasteiger partial charge is 0.496 e. The van der Waals surface area contributed by atoms with E-state index in [1.54, 1.807) is 31.8 Å². The van der Waals surface area contributed by atoms with E-state index >= 15 is 0 Å². The molecule has 1 aromatic heterocycles. The van der Waals surface area contributed by atoms with E-state index in [2.05, 4.69) is 15.3 Å². The molecule has 0 aliphatic rings. The molecule has 0 fully saturated rings. The van der Waals surface area contributed by atoms with Crippen molar-refractivity contribution >= 4 is 0 Å². The van der Waals surface area contributed by atoms with Gasteiger partial charge in [-0.15, -0.1) is 0 Å². The van der Waals surface area contributed by atoms with Gasteiger partial charge < -0.3 is 10.1 Å². The van der Waals surface area contributed by atoms with Gasteiger partial charge in [0.2, 0.25) is 0 Å². The zero-order valence-corrected chi connectivity index (χ0v) is 11.8. The van der Waals surface area contributed by atoms with Crippen molar-refractivity contribution in [3.63, 3.8) is 0 Å². The van der Waals surface area contributed by atoms with Gasteiger partial charge in [-0.1, -0.05) is 0 Å². The van der Waals surface area contributed by atoms with Crippen molar-refractivity contribution in [2.75, 3.05) is 7.11 Å². The Bertz CT molecular complexity index is 562. The van der Waals surface area contributed by atoms with E-state index < -0.39 is 0 Å². The number of hydrogen-bond donors (Lipinski definition) is 1. The molecule has 1 N–H and O–H groups in total. The van der Waals surface area contributed by atoms with E-state index in [0.29, 0.717) is 5.75 Å². The van der Waals surface area contributed by atoms with Gasteiger partial charge in [-0.2, -0.15) is 0 Å². The van der Waals surface area contributed by atoms with Crippen molar-refractivity contribution in [2.45, 2.75) is 25.9 Å². The van der Waals surface area contributed by atoms with Crippen LogP contribution in [-0.4, -0.2) is 17.1 Å². The topological polar surface area (TPSA) is 47.0 Å². The number of methoxy groups -OCH3 is 1. The fourth-order valence-corrected chi connectivity index (χ4v) is 2.13. The highest BCUT2D eigenvalue weighted by Crippen LogP contribution is 2.27. The van der Waals surface area contributed by atoms with Crippen LogP contribution in [0.2, 0.25) is 0 Å². The molecule has 20 heavy (non-hydrogen) atoms. The van der Waals surface area contributed by atoms with Crippen LogP contribution in [0.5, 0.6) is 5.75 Å². The normalized spacial score (nSPS) is 13.8. The predicted molar refractivity (Wildman–Crippen MR) is 74.9 cm³/mol. The van der Waals surface area contributed by atoms with Crippen LogP contribution in [0.1, 0.15) is 37.2 Å². The molecular weight excluding hydrogens is 257 g/mol. The highest BCUT2D eigenvalue weighted by Gasteiger charge is 2.16. The third-order valence-electron chi connectivity index (χ3n) is 3.19. The van der Waals surface area contributed by atoms with Crippen LogP contribution in [-0.2, 0) is 0 Å². The summed E-state index contributed by atoms with van der Waals surface area (Å²) in [6, 6.07) is 4.45. The van der Waals surface area contributed by atoms with Crippen molar-refractivity contribution < 1.29 is 9.13 Å². The molecule has 0 saturated heterocycles. The molecular formula is C15H18FN3O. The van der Waals surface area contributed by atoms with Gasteiger partial charge in [-0.25, -0.2) is 4.39 Å². The Labute approximate surface area is 118 Å². The highest BCUT2D eigenvalue weighted by molar-refractivity contribution is 5.36. The maximum Gasteiger partial charge on any atom is 0.123 e. The number of halogens is 1. The lowest BCUT2D eigenvalue weighted by atomic mass is 10.1. The number of aromatic nitrogens is 2. The van der Waals surface area contributed by atoms with E-state index in [-0.39, 0.29) is 17.9 Å². The second-order valence-corrected chi connectivity index (χ2v) is 4.63. The monoisotopic (exact) mass is 275 g/mol. The van der Waals surface area contributed by atoms with Crippen molar-refractivity contribution in [1.29, 1.82) is 0 Å². The Morgan fingerprint density at radius 2 is 2.00 bits per heavy atom. The lowest BCUT2D eigenvalue weighted by Gasteiger charge is -2.21. The van der Waals surface area contributed by atoms with Gasteiger partial charge in [-0.3, -0.25) is 9.97 Å². The first-order valence-electron chi connectivity index (χ1n) is 6.47. The molecule has 0 radical (unpaired) electrons. The molecule has 4 nitrogen and oxygen atoms in total. The third-order valence-corrected chi connectivity index (χ3v) is 3.19. The Morgan fingerprint density at radius 3 is 2.65 bits per heavy atom. The van der Waals surface area contributed by atoms with Crippen LogP contribution < -0.4 is 10.1 Å². The van der Waals surface area contributed by atoms with Gasteiger partial charge in [0, 0.05) is 36.2 Å². The van der Waals surface area contributed by atoms with Crippen molar-refractivity contribution in [3.05, 3.63) is 53.9 Å². The lowest BCUT2D eigenvalue weighted by molar-refractivity contribution is 0.394. The molecule has 2 atom stereocenters. The molecule has 2 aromatic rings. The number of rotatable bonds is 5. The molecule has 0 amide bonds. The van der Waals surface area contributed by atoms with Crippen LogP contribution >= 0.6 is 0 Å². The number of benzene rings is 1. The SMILES string of the molecule is COc1ccc(F)cc1C(C)NC(C)c1cnccn1. The summed E-state index contributed by atoms with van der Waals surface area (Å²) in [6.45, 7) is 3.95. The Morgan fingerprint density at radius 1 is 1.20 bits per heavy atom. The number of hydrogen-bond acceptors (Lipinski definition) is 4. The molecule has 2 rings (SSSR count). The first-order chi connectivity index (χ1) is 9.61. The summed E-state index contributed by atoms with van der Waals surface area (Å²) >= 11 is 0. The van der Waals surface area contributed by atoms with Crippen molar-refractivity contribution in [2.24, 2.45) is 0 Å². The summed E-state index contributed by atoms with van der Waals surface area (Å²) in [5.74, 6) is 0.388. The molecule has 0 spiro atoms. The summed E-state index contributed by atoms with van der Waals surface area (Å²) in [6.07, 6.45) is 5.00. The Balaban J connectivity index is 2.16. The average Bonchev–Trinajstić information content (AvgIpc) is 2.48. The zero-order chi connectivity index (χ0) is 14.5. The molecule has 5 heteroatoms. The van der Waals surface area contributed by atoms with Crippen LogP contribution in [0.4, 0.5) is 4.39 Å². The predicted octanol–water partition coefficient (Wildman–Crippen LogP) is 3.04. The molecule has 0 aliphatic carbocycles. The summed E-state index contributed by atoms with van der Waals surface area (Å²) < 4.78 is 18.7. The van der Waals surface area contributed by atoms with Gasteiger partial charge in [-0.05, 0) is 32.0 Å². The summed E-state index contributed by atoms with van der Waals surface area (Å²) in [5, 5.41) is 3.37. The Kier molecular flexibility index (Phi) is 4.63. The van der Waals surface area contributed by atoms with Crippen LogP contribution in [0.25, 0.3) is 0 Å². The second-order valence-electron chi connectivity index (χ2n) is 4.63. The minimum Gasteiger partial charge on any atom is -0.496 e. The fourth-order valence-electron chi connectivity index (χ4n) is 2.13. The summed E-state index contributed by atoms with van der Waals surface area (Å²) in [4.78, 5) is 8.30. The summed E-state index contributed by atoms with van der Waals surface area (Å²) in [7, 11) is 1.58. The van der Waals surface area contributed by atoms with E-state index in [0.717, 1.165) is 11.3 Å². The van der Waals surface area contributed by atoms with E-state index in [1.165, 1.54) is 12.1 Å². The molecule has 0 saturated carbocycles. The van der Waals surface area contributed by atoms with Crippen LogP contribution in [0.15, 0.2) is 36.8 Å². The van der Waals surface area contributed by atoms with Crippen molar-refractivity contribution in [3.8, 4) is 5.75 Å². The zero-order valence-electron chi connectivity index (χ0n) is 11.8. The first-order valence-corrected chi connectivity index (χ1v) is 6.47. The second kappa shape index (κ2) is 6.43. The van der Waals surface area contributed by atoms with E-state index in [9.17, 15) is 4.39 Å². The molecule has 1 heterocycles. The van der Waals surface area contributed by atoms with Crippen molar-refractivity contribution in [1.82, 2.24) is 15.3 Å². The smallest absolute Gasteiger partial charge is 0.123 e. The van der Waals surface area contributed by atoms with E-state index in [4.69, 9.17) is 4.74 Å². The summed E-state index contributed by atoms with van der Waals surface area (Å²) in [5.41, 5.74) is 1.62. The van der Waals surface area contributed by atoms with Crippen LogP contribution in [0, 0.1) is 5.82 Å². The van der Waals surface area contributed by atoms with Gasteiger partial charge in [0.15, 0.2) is 0 Å². The molecule has 0 aliphatic heterocycles. The minimum absolute atomic E-state index is 0.00618. The fraction of sp³-hybridized carbons (Fsp3) is 0.333.